The van der Waals surface area contributed by atoms with E-state index in [1.54, 1.807) is 0 Å². The maximum Gasteiger partial charge on any atom is 0.0294 e. The monoisotopic (exact) mass is 324 g/mol. The molecule has 2 nitrogen and oxygen atoms in total. The fourth-order valence-electron chi connectivity index (χ4n) is 2.87. The molecule has 1 saturated heterocycles. The third-order valence-corrected chi connectivity index (χ3v) is 4.46. The van der Waals surface area contributed by atoms with E-state index in [0.717, 1.165) is 4.47 Å². The van der Waals surface area contributed by atoms with Crippen molar-refractivity contribution in [2.24, 2.45) is 0 Å². The van der Waals surface area contributed by atoms with Crippen LogP contribution in [0.1, 0.15) is 44.7 Å². The molecule has 0 bridgehead atoms. The quantitative estimate of drug-likeness (QED) is 0.881. The summed E-state index contributed by atoms with van der Waals surface area (Å²) in [5.74, 6) is 0. The van der Waals surface area contributed by atoms with E-state index in [2.05, 4.69) is 64.3 Å². The van der Waals surface area contributed by atoms with Gasteiger partial charge in [0.2, 0.25) is 0 Å². The predicted molar refractivity (Wildman–Crippen MR) is 85.4 cm³/mol. The maximum absolute atomic E-state index is 3.78. The average molecular weight is 325 g/mol. The number of halogens is 1. The molecule has 0 amide bonds. The van der Waals surface area contributed by atoms with Crippen LogP contribution in [0.2, 0.25) is 0 Å². The highest BCUT2D eigenvalue weighted by atomic mass is 79.9. The molecule has 1 N–H and O–H groups in total. The summed E-state index contributed by atoms with van der Waals surface area (Å²) in [5.41, 5.74) is 1.37. The zero-order chi connectivity index (χ0) is 13.7. The highest BCUT2D eigenvalue weighted by Crippen LogP contribution is 2.20. The molecular weight excluding hydrogens is 300 g/mol. The minimum atomic E-state index is 0.431. The Labute approximate surface area is 125 Å². The fraction of sp³-hybridized carbons (Fsp3) is 0.625. The summed E-state index contributed by atoms with van der Waals surface area (Å²) in [5, 5.41) is 3.78. The molecule has 1 aliphatic rings. The van der Waals surface area contributed by atoms with E-state index >= 15 is 0 Å². The van der Waals surface area contributed by atoms with Crippen LogP contribution in [-0.4, -0.2) is 30.6 Å². The van der Waals surface area contributed by atoms with Crippen molar-refractivity contribution in [3.63, 3.8) is 0 Å². The van der Waals surface area contributed by atoms with Gasteiger partial charge in [-0.2, -0.15) is 0 Å². The molecule has 0 aromatic heterocycles. The van der Waals surface area contributed by atoms with Crippen molar-refractivity contribution < 1.29 is 0 Å². The van der Waals surface area contributed by atoms with Gasteiger partial charge in [0.15, 0.2) is 0 Å². The number of likely N-dealkylation sites (tertiary alicyclic amines) is 1. The zero-order valence-electron chi connectivity index (χ0n) is 12.0. The molecule has 106 valence electrons. The molecule has 1 aliphatic heterocycles. The molecule has 1 aromatic carbocycles. The largest absolute Gasteiger partial charge is 0.307 e. The Hall–Kier alpha value is -0.380. The van der Waals surface area contributed by atoms with Gasteiger partial charge in [-0.15, -0.1) is 0 Å². The molecule has 0 saturated carbocycles. The number of piperidine rings is 1. The summed E-state index contributed by atoms with van der Waals surface area (Å²) in [6.07, 6.45) is 3.82. The Morgan fingerprint density at radius 3 is 2.74 bits per heavy atom. The van der Waals surface area contributed by atoms with Crippen LogP contribution < -0.4 is 5.32 Å². The van der Waals surface area contributed by atoms with Gasteiger partial charge in [0.1, 0.15) is 0 Å². The van der Waals surface area contributed by atoms with E-state index in [4.69, 9.17) is 0 Å². The number of benzene rings is 1. The van der Waals surface area contributed by atoms with Gasteiger partial charge in [-0.25, -0.2) is 0 Å². The number of nitrogens with zero attached hydrogens (tertiary/aromatic N) is 1. The molecule has 3 heteroatoms. The van der Waals surface area contributed by atoms with Crippen LogP contribution in [0.3, 0.4) is 0 Å². The molecule has 0 spiro atoms. The molecule has 1 heterocycles. The van der Waals surface area contributed by atoms with E-state index in [1.165, 1.54) is 44.5 Å². The van der Waals surface area contributed by atoms with Gasteiger partial charge >= 0.3 is 0 Å². The molecule has 0 aliphatic carbocycles. The van der Waals surface area contributed by atoms with Gasteiger partial charge < -0.3 is 10.2 Å². The molecular formula is C16H25BrN2. The third-order valence-electron chi connectivity index (χ3n) is 3.96. The van der Waals surface area contributed by atoms with Crippen LogP contribution in [0.15, 0.2) is 28.7 Å². The van der Waals surface area contributed by atoms with Crippen molar-refractivity contribution in [3.05, 3.63) is 34.3 Å². The van der Waals surface area contributed by atoms with Crippen molar-refractivity contribution in [1.82, 2.24) is 10.2 Å². The van der Waals surface area contributed by atoms with Crippen LogP contribution in [0.4, 0.5) is 0 Å². The lowest BCUT2D eigenvalue weighted by atomic mass is 10.0. The van der Waals surface area contributed by atoms with Gasteiger partial charge in [-0.05, 0) is 63.5 Å². The van der Waals surface area contributed by atoms with Crippen molar-refractivity contribution in [3.8, 4) is 0 Å². The van der Waals surface area contributed by atoms with Crippen molar-refractivity contribution >= 4 is 15.9 Å². The number of nitrogens with one attached hydrogen (secondary N) is 1. The van der Waals surface area contributed by atoms with Gasteiger partial charge in [-0.3, -0.25) is 0 Å². The summed E-state index contributed by atoms with van der Waals surface area (Å²) in [6, 6.07) is 9.71. The minimum absolute atomic E-state index is 0.431. The van der Waals surface area contributed by atoms with Gasteiger partial charge in [0, 0.05) is 16.6 Å². The smallest absolute Gasteiger partial charge is 0.0294 e. The fourth-order valence-corrected chi connectivity index (χ4v) is 3.28. The lowest BCUT2D eigenvalue weighted by Gasteiger charge is -2.33. The van der Waals surface area contributed by atoms with Crippen LogP contribution in [0, 0.1) is 0 Å². The molecule has 1 aromatic rings. The Bertz CT molecular complexity index is 386. The molecule has 19 heavy (non-hydrogen) atoms. The van der Waals surface area contributed by atoms with E-state index in [0.29, 0.717) is 12.1 Å². The Morgan fingerprint density at radius 2 is 2.11 bits per heavy atom. The SMILES string of the molecule is CCCN1CCC(N[C@H](C)c2cccc(Br)c2)CC1. The Balaban J connectivity index is 1.82. The third kappa shape index (κ3) is 4.59. The molecule has 0 radical (unpaired) electrons. The van der Waals surface area contributed by atoms with E-state index in [9.17, 15) is 0 Å². The standard InChI is InChI=1S/C16H25BrN2/c1-3-9-19-10-7-16(8-11-19)18-13(2)14-5-4-6-15(17)12-14/h4-6,12-13,16,18H,3,7-11H2,1-2H3/t13-/m1/s1. The first-order valence-corrected chi connectivity index (χ1v) is 8.22. The first-order valence-electron chi connectivity index (χ1n) is 7.43. The summed E-state index contributed by atoms with van der Waals surface area (Å²) < 4.78 is 1.16. The summed E-state index contributed by atoms with van der Waals surface area (Å²) in [6.45, 7) is 8.28. The molecule has 2 rings (SSSR count). The van der Waals surface area contributed by atoms with Crippen LogP contribution >= 0.6 is 15.9 Å². The van der Waals surface area contributed by atoms with E-state index in [1.807, 2.05) is 0 Å². The highest BCUT2D eigenvalue weighted by molar-refractivity contribution is 9.10. The van der Waals surface area contributed by atoms with Crippen molar-refractivity contribution in [2.45, 2.75) is 45.2 Å². The maximum atomic E-state index is 3.78. The number of hydrogen-bond acceptors (Lipinski definition) is 2. The minimum Gasteiger partial charge on any atom is -0.307 e. The van der Waals surface area contributed by atoms with Crippen LogP contribution in [0.5, 0.6) is 0 Å². The van der Waals surface area contributed by atoms with Crippen LogP contribution in [-0.2, 0) is 0 Å². The van der Waals surface area contributed by atoms with Crippen molar-refractivity contribution in [1.29, 1.82) is 0 Å². The second-order valence-corrected chi connectivity index (χ2v) is 6.47. The first-order chi connectivity index (χ1) is 9.19. The lowest BCUT2D eigenvalue weighted by molar-refractivity contribution is 0.192. The lowest BCUT2D eigenvalue weighted by Crippen LogP contribution is -2.43. The molecule has 0 unspecified atom stereocenters. The zero-order valence-corrected chi connectivity index (χ0v) is 13.6. The normalized spacial score (nSPS) is 19.5. The van der Waals surface area contributed by atoms with Crippen LogP contribution in [0.25, 0.3) is 0 Å². The highest BCUT2D eigenvalue weighted by Gasteiger charge is 2.20. The molecule has 1 fully saturated rings. The molecule has 1 atom stereocenters. The summed E-state index contributed by atoms with van der Waals surface area (Å²) >= 11 is 3.55. The van der Waals surface area contributed by atoms with E-state index < -0.39 is 0 Å². The Kier molecular flexibility index (Phi) is 5.86. The topological polar surface area (TPSA) is 15.3 Å². The average Bonchev–Trinajstić information content (AvgIpc) is 2.41. The van der Waals surface area contributed by atoms with Gasteiger partial charge in [0.25, 0.3) is 0 Å². The van der Waals surface area contributed by atoms with Gasteiger partial charge in [-0.1, -0.05) is 35.0 Å². The predicted octanol–water partition coefficient (Wildman–Crippen LogP) is 3.97. The van der Waals surface area contributed by atoms with Crippen molar-refractivity contribution in [2.75, 3.05) is 19.6 Å². The second kappa shape index (κ2) is 7.41. The second-order valence-electron chi connectivity index (χ2n) is 5.56. The number of rotatable bonds is 5. The Morgan fingerprint density at radius 1 is 1.37 bits per heavy atom. The first kappa shape index (κ1) is 15.0. The number of hydrogen-bond donors (Lipinski definition) is 1. The summed E-state index contributed by atoms with van der Waals surface area (Å²) in [4.78, 5) is 2.59. The summed E-state index contributed by atoms with van der Waals surface area (Å²) in [7, 11) is 0. The van der Waals surface area contributed by atoms with Gasteiger partial charge in [0.05, 0.1) is 0 Å². The van der Waals surface area contributed by atoms with E-state index in [-0.39, 0.29) is 0 Å².